The van der Waals surface area contributed by atoms with Gasteiger partial charge >= 0.3 is 0 Å². The van der Waals surface area contributed by atoms with Crippen molar-refractivity contribution in [2.75, 3.05) is 0 Å². The van der Waals surface area contributed by atoms with Crippen molar-refractivity contribution in [1.82, 2.24) is 0 Å². The van der Waals surface area contributed by atoms with Gasteiger partial charge in [-0.2, -0.15) is 0 Å². The molecule has 0 aliphatic heterocycles. The Kier molecular flexibility index (Phi) is 6.34. The van der Waals surface area contributed by atoms with Crippen molar-refractivity contribution in [2.45, 2.75) is 24.9 Å². The summed E-state index contributed by atoms with van der Waals surface area (Å²) in [6, 6.07) is 0.0803. The van der Waals surface area contributed by atoms with E-state index in [1.165, 1.54) is 0 Å². The summed E-state index contributed by atoms with van der Waals surface area (Å²) in [5, 5.41) is 0. The Bertz CT molecular complexity index is 143. The van der Waals surface area contributed by atoms with Crippen molar-refractivity contribution < 1.29 is 0 Å². The zero-order valence-electron chi connectivity index (χ0n) is 7.45. The Hall–Kier alpha value is -0.860. The predicted molar refractivity (Wildman–Crippen MR) is 54.7 cm³/mol. The van der Waals surface area contributed by atoms with E-state index in [4.69, 9.17) is 11.5 Å². The fourth-order valence-corrected chi connectivity index (χ4v) is 0.827. The third kappa shape index (κ3) is 5.89. The van der Waals surface area contributed by atoms with E-state index in [9.17, 15) is 0 Å². The van der Waals surface area contributed by atoms with Gasteiger partial charge in [-0.3, -0.25) is 0 Å². The van der Waals surface area contributed by atoms with Gasteiger partial charge in [0.25, 0.3) is 0 Å². The fourth-order valence-electron chi connectivity index (χ4n) is 0.827. The molecular weight excluding hydrogens is 148 g/mol. The van der Waals surface area contributed by atoms with Crippen LogP contribution in [0, 0.1) is 0 Å². The molecule has 0 bridgehead atoms. The van der Waals surface area contributed by atoms with Crippen molar-refractivity contribution in [3.63, 3.8) is 0 Å². The third-order valence-electron chi connectivity index (χ3n) is 1.48. The second kappa shape index (κ2) is 6.83. The Morgan fingerprint density at radius 1 is 0.917 bits per heavy atom. The van der Waals surface area contributed by atoms with Crippen LogP contribution >= 0.6 is 0 Å². The van der Waals surface area contributed by atoms with Gasteiger partial charge in [-0.25, -0.2) is 0 Å². The predicted octanol–water partition coefficient (Wildman–Crippen LogP) is 1.35. The normalized spacial score (nSPS) is 15.8. The quantitative estimate of drug-likeness (QED) is 0.585. The molecule has 0 saturated heterocycles. The van der Waals surface area contributed by atoms with E-state index < -0.39 is 0 Å². The van der Waals surface area contributed by atoms with E-state index in [-0.39, 0.29) is 12.1 Å². The van der Waals surface area contributed by atoms with E-state index in [1.807, 2.05) is 12.2 Å². The molecule has 0 rings (SSSR count). The number of hydrogen-bond donors (Lipinski definition) is 2. The first kappa shape index (κ1) is 11.1. The SMILES string of the molecule is C=CCC(N)/C=C\C(N)CC=C. The summed E-state index contributed by atoms with van der Waals surface area (Å²) < 4.78 is 0. The van der Waals surface area contributed by atoms with Crippen LogP contribution in [0.3, 0.4) is 0 Å². The summed E-state index contributed by atoms with van der Waals surface area (Å²) >= 11 is 0. The molecule has 2 nitrogen and oxygen atoms in total. The molecular formula is C10H18N2. The average molecular weight is 166 g/mol. The van der Waals surface area contributed by atoms with Crippen LogP contribution in [-0.4, -0.2) is 12.1 Å². The van der Waals surface area contributed by atoms with Crippen molar-refractivity contribution in [3.8, 4) is 0 Å². The molecule has 0 heterocycles. The lowest BCUT2D eigenvalue weighted by Crippen LogP contribution is -2.20. The second-order valence-electron chi connectivity index (χ2n) is 2.76. The highest BCUT2D eigenvalue weighted by molar-refractivity contribution is 5.00. The second-order valence-corrected chi connectivity index (χ2v) is 2.76. The van der Waals surface area contributed by atoms with Crippen LogP contribution in [0.4, 0.5) is 0 Å². The molecule has 0 amide bonds. The summed E-state index contributed by atoms with van der Waals surface area (Å²) in [4.78, 5) is 0. The number of nitrogens with two attached hydrogens (primary N) is 2. The van der Waals surface area contributed by atoms with Gasteiger partial charge in [-0.05, 0) is 12.8 Å². The van der Waals surface area contributed by atoms with Crippen LogP contribution in [0.1, 0.15) is 12.8 Å². The molecule has 2 unspecified atom stereocenters. The van der Waals surface area contributed by atoms with Crippen molar-refractivity contribution in [2.24, 2.45) is 11.5 Å². The van der Waals surface area contributed by atoms with Gasteiger partial charge in [0.05, 0.1) is 0 Å². The standard InChI is InChI=1S/C10H18N2/c1-3-5-9(11)7-8-10(12)6-4-2/h3-4,7-10H,1-2,5-6,11-12H2/b8-7-. The molecule has 68 valence electrons. The highest BCUT2D eigenvalue weighted by Crippen LogP contribution is 1.95. The van der Waals surface area contributed by atoms with Crippen molar-refractivity contribution in [3.05, 3.63) is 37.5 Å². The van der Waals surface area contributed by atoms with Crippen LogP contribution < -0.4 is 11.5 Å². The topological polar surface area (TPSA) is 52.0 Å². The summed E-state index contributed by atoms with van der Waals surface area (Å²) in [5.74, 6) is 0. The lowest BCUT2D eigenvalue weighted by Gasteiger charge is -2.04. The maximum Gasteiger partial charge on any atom is 0.0259 e. The minimum atomic E-state index is 0.0402. The Morgan fingerprint density at radius 2 is 1.25 bits per heavy atom. The molecule has 2 heteroatoms. The third-order valence-corrected chi connectivity index (χ3v) is 1.48. The molecule has 0 aromatic rings. The van der Waals surface area contributed by atoms with Crippen molar-refractivity contribution in [1.29, 1.82) is 0 Å². The zero-order chi connectivity index (χ0) is 9.40. The highest BCUT2D eigenvalue weighted by Gasteiger charge is 1.95. The van der Waals surface area contributed by atoms with Gasteiger partial charge in [0.2, 0.25) is 0 Å². The van der Waals surface area contributed by atoms with Gasteiger partial charge in [-0.15, -0.1) is 13.2 Å². The summed E-state index contributed by atoms with van der Waals surface area (Å²) in [7, 11) is 0. The maximum absolute atomic E-state index is 5.69. The molecule has 0 spiro atoms. The first-order valence-corrected chi connectivity index (χ1v) is 4.12. The fraction of sp³-hybridized carbons (Fsp3) is 0.400. The zero-order valence-corrected chi connectivity index (χ0v) is 7.45. The molecule has 0 aromatic carbocycles. The molecule has 0 aromatic heterocycles. The van der Waals surface area contributed by atoms with E-state index in [0.29, 0.717) is 0 Å². The monoisotopic (exact) mass is 166 g/mol. The molecule has 0 aliphatic rings. The molecule has 0 aliphatic carbocycles. The average Bonchev–Trinajstić information content (AvgIpc) is 2.02. The van der Waals surface area contributed by atoms with Gasteiger partial charge in [0.1, 0.15) is 0 Å². The summed E-state index contributed by atoms with van der Waals surface area (Å²) in [5.41, 5.74) is 11.4. The Balaban J connectivity index is 3.70. The molecule has 12 heavy (non-hydrogen) atoms. The number of rotatable bonds is 6. The molecule has 0 fully saturated rings. The lowest BCUT2D eigenvalue weighted by molar-refractivity contribution is 0.794. The van der Waals surface area contributed by atoms with Gasteiger partial charge in [0.15, 0.2) is 0 Å². The summed E-state index contributed by atoms with van der Waals surface area (Å²) in [6.07, 6.45) is 9.00. The minimum absolute atomic E-state index is 0.0402. The van der Waals surface area contributed by atoms with E-state index in [0.717, 1.165) is 12.8 Å². The van der Waals surface area contributed by atoms with E-state index >= 15 is 0 Å². The Morgan fingerprint density at radius 3 is 1.50 bits per heavy atom. The number of hydrogen-bond acceptors (Lipinski definition) is 2. The minimum Gasteiger partial charge on any atom is -0.324 e. The Labute approximate surface area is 74.6 Å². The molecule has 0 radical (unpaired) electrons. The lowest BCUT2D eigenvalue weighted by atomic mass is 10.1. The highest BCUT2D eigenvalue weighted by atomic mass is 14.6. The van der Waals surface area contributed by atoms with Gasteiger partial charge < -0.3 is 11.5 Å². The van der Waals surface area contributed by atoms with Crippen molar-refractivity contribution >= 4 is 0 Å². The molecule has 4 N–H and O–H groups in total. The van der Waals surface area contributed by atoms with E-state index in [1.54, 1.807) is 12.2 Å². The largest absolute Gasteiger partial charge is 0.324 e. The first-order chi connectivity index (χ1) is 5.70. The van der Waals surface area contributed by atoms with Gasteiger partial charge in [0, 0.05) is 12.1 Å². The first-order valence-electron chi connectivity index (χ1n) is 4.12. The van der Waals surface area contributed by atoms with Crippen LogP contribution in [0.25, 0.3) is 0 Å². The molecule has 2 atom stereocenters. The molecule has 0 saturated carbocycles. The van der Waals surface area contributed by atoms with Gasteiger partial charge in [-0.1, -0.05) is 24.3 Å². The maximum atomic E-state index is 5.69. The smallest absolute Gasteiger partial charge is 0.0259 e. The van der Waals surface area contributed by atoms with E-state index in [2.05, 4.69) is 13.2 Å². The van der Waals surface area contributed by atoms with Crippen LogP contribution in [-0.2, 0) is 0 Å². The van der Waals surface area contributed by atoms with Crippen LogP contribution in [0.15, 0.2) is 37.5 Å². The van der Waals surface area contributed by atoms with Crippen LogP contribution in [0.2, 0.25) is 0 Å². The van der Waals surface area contributed by atoms with Crippen LogP contribution in [0.5, 0.6) is 0 Å². The summed E-state index contributed by atoms with van der Waals surface area (Å²) in [6.45, 7) is 7.21.